The Balaban J connectivity index is 2.14. The molecular formula is C19H20N2O5. The number of carbonyl (C=O) groups is 2. The highest BCUT2D eigenvalue weighted by molar-refractivity contribution is 5.98. The van der Waals surface area contributed by atoms with Crippen LogP contribution in [0.25, 0.3) is 0 Å². The van der Waals surface area contributed by atoms with Crippen LogP contribution in [0.2, 0.25) is 0 Å². The molecule has 26 heavy (non-hydrogen) atoms. The number of nitriles is 1. The van der Waals surface area contributed by atoms with Gasteiger partial charge in [-0.15, -0.1) is 0 Å². The van der Waals surface area contributed by atoms with E-state index in [1.807, 2.05) is 39.0 Å². The Hall–Kier alpha value is -3.27. The van der Waals surface area contributed by atoms with Crippen molar-refractivity contribution in [3.05, 3.63) is 45.7 Å². The van der Waals surface area contributed by atoms with Crippen molar-refractivity contribution in [3.8, 4) is 11.8 Å². The number of rotatable bonds is 5. The van der Waals surface area contributed by atoms with Crippen molar-refractivity contribution in [2.24, 2.45) is 0 Å². The number of hydrogen-bond acceptors (Lipinski definition) is 6. The van der Waals surface area contributed by atoms with Crippen molar-refractivity contribution in [2.75, 3.05) is 19.0 Å². The lowest BCUT2D eigenvalue weighted by molar-refractivity contribution is -0.118. The molecule has 1 aromatic heterocycles. The van der Waals surface area contributed by atoms with Crippen LogP contribution >= 0.6 is 0 Å². The van der Waals surface area contributed by atoms with Gasteiger partial charge in [0.05, 0.1) is 7.11 Å². The van der Waals surface area contributed by atoms with Crippen molar-refractivity contribution in [1.82, 2.24) is 0 Å². The monoisotopic (exact) mass is 356 g/mol. The van der Waals surface area contributed by atoms with Gasteiger partial charge in [-0.1, -0.05) is 6.07 Å². The van der Waals surface area contributed by atoms with E-state index >= 15 is 0 Å². The van der Waals surface area contributed by atoms with Crippen LogP contribution < -0.4 is 10.1 Å². The molecule has 1 amide bonds. The Labute approximate surface area is 151 Å². The molecule has 0 saturated carbocycles. The summed E-state index contributed by atoms with van der Waals surface area (Å²) in [5.74, 6) is -0.509. The van der Waals surface area contributed by atoms with Crippen LogP contribution in [-0.2, 0) is 9.53 Å². The molecule has 0 radical (unpaired) electrons. The van der Waals surface area contributed by atoms with E-state index in [1.54, 1.807) is 0 Å². The maximum Gasteiger partial charge on any atom is 0.342 e. The fourth-order valence-corrected chi connectivity index (χ4v) is 2.54. The van der Waals surface area contributed by atoms with Gasteiger partial charge in [-0.3, -0.25) is 10.1 Å². The first-order valence-corrected chi connectivity index (χ1v) is 7.90. The predicted octanol–water partition coefficient (Wildman–Crippen LogP) is 3.19. The van der Waals surface area contributed by atoms with Gasteiger partial charge in [0.25, 0.3) is 5.91 Å². The van der Waals surface area contributed by atoms with Crippen LogP contribution in [0.4, 0.5) is 5.88 Å². The average molecular weight is 356 g/mol. The fourth-order valence-electron chi connectivity index (χ4n) is 2.54. The van der Waals surface area contributed by atoms with E-state index < -0.39 is 11.9 Å². The molecule has 1 heterocycles. The summed E-state index contributed by atoms with van der Waals surface area (Å²) < 4.78 is 15.5. The minimum Gasteiger partial charge on any atom is -0.483 e. The van der Waals surface area contributed by atoms with E-state index in [4.69, 9.17) is 9.15 Å². The molecule has 136 valence electrons. The van der Waals surface area contributed by atoms with E-state index in [0.717, 1.165) is 16.7 Å². The van der Waals surface area contributed by atoms with Gasteiger partial charge in [0.1, 0.15) is 28.7 Å². The highest BCUT2D eigenvalue weighted by Crippen LogP contribution is 2.27. The molecule has 2 aromatic rings. The molecule has 0 fully saturated rings. The molecule has 0 unspecified atom stereocenters. The molecular weight excluding hydrogens is 336 g/mol. The van der Waals surface area contributed by atoms with Crippen molar-refractivity contribution in [1.29, 1.82) is 5.26 Å². The van der Waals surface area contributed by atoms with Gasteiger partial charge in [-0.2, -0.15) is 5.26 Å². The summed E-state index contributed by atoms with van der Waals surface area (Å²) in [6.07, 6.45) is 0. The van der Waals surface area contributed by atoms with Gasteiger partial charge in [0.2, 0.25) is 5.88 Å². The highest BCUT2D eigenvalue weighted by Gasteiger charge is 2.25. The van der Waals surface area contributed by atoms with Crippen LogP contribution in [0.3, 0.4) is 0 Å². The molecule has 1 N–H and O–H groups in total. The minimum atomic E-state index is -0.703. The van der Waals surface area contributed by atoms with E-state index in [2.05, 4.69) is 10.1 Å². The van der Waals surface area contributed by atoms with Crippen molar-refractivity contribution >= 4 is 17.8 Å². The smallest absolute Gasteiger partial charge is 0.342 e. The van der Waals surface area contributed by atoms with Crippen LogP contribution in [-0.4, -0.2) is 25.6 Å². The standard InChI is InChI=1S/C19H20N2O5/c1-10-6-11(2)12(3)15(7-10)25-9-16(22)21-18-14(8-20)17(13(4)26-18)19(23)24-5/h6-7H,9H2,1-5H3,(H,21,22). The van der Waals surface area contributed by atoms with Gasteiger partial charge in [0, 0.05) is 0 Å². The highest BCUT2D eigenvalue weighted by atomic mass is 16.5. The average Bonchev–Trinajstić information content (AvgIpc) is 2.90. The second-order valence-corrected chi connectivity index (χ2v) is 5.88. The number of nitrogens with zero attached hydrogens (tertiary/aromatic N) is 1. The number of anilines is 1. The zero-order valence-corrected chi connectivity index (χ0v) is 15.4. The summed E-state index contributed by atoms with van der Waals surface area (Å²) in [6, 6.07) is 5.73. The second-order valence-electron chi connectivity index (χ2n) is 5.88. The molecule has 0 spiro atoms. The summed E-state index contributed by atoms with van der Waals surface area (Å²) >= 11 is 0. The number of benzene rings is 1. The Kier molecular flexibility index (Phi) is 5.68. The first-order valence-electron chi connectivity index (χ1n) is 7.90. The third kappa shape index (κ3) is 3.86. The number of ether oxygens (including phenoxy) is 2. The lowest BCUT2D eigenvalue weighted by Crippen LogP contribution is -2.21. The fraction of sp³-hybridized carbons (Fsp3) is 0.316. The first kappa shape index (κ1) is 19.1. The Morgan fingerprint density at radius 2 is 1.92 bits per heavy atom. The summed E-state index contributed by atoms with van der Waals surface area (Å²) in [5.41, 5.74) is 2.96. The first-order chi connectivity index (χ1) is 12.3. The summed E-state index contributed by atoms with van der Waals surface area (Å²) in [4.78, 5) is 23.9. The summed E-state index contributed by atoms with van der Waals surface area (Å²) in [6.45, 7) is 7.07. The number of amides is 1. The molecule has 1 aromatic carbocycles. The van der Waals surface area contributed by atoms with Crippen LogP contribution in [0, 0.1) is 39.0 Å². The van der Waals surface area contributed by atoms with Crippen molar-refractivity contribution < 1.29 is 23.5 Å². The Morgan fingerprint density at radius 1 is 1.23 bits per heavy atom. The number of esters is 1. The van der Waals surface area contributed by atoms with Crippen molar-refractivity contribution in [3.63, 3.8) is 0 Å². The number of nitrogens with one attached hydrogen (secondary N) is 1. The van der Waals surface area contributed by atoms with Crippen LogP contribution in [0.1, 0.15) is 38.4 Å². The number of hydrogen-bond donors (Lipinski definition) is 1. The van der Waals surface area contributed by atoms with E-state index in [0.29, 0.717) is 5.75 Å². The third-order valence-electron chi connectivity index (χ3n) is 3.96. The lowest BCUT2D eigenvalue weighted by atomic mass is 10.1. The van der Waals surface area contributed by atoms with Crippen LogP contribution in [0.5, 0.6) is 5.75 Å². The topological polar surface area (TPSA) is 102 Å². The number of methoxy groups -OCH3 is 1. The number of aryl methyl sites for hydroxylation is 3. The molecule has 0 bridgehead atoms. The normalized spacial score (nSPS) is 10.2. The molecule has 0 saturated heterocycles. The van der Waals surface area contributed by atoms with Gasteiger partial charge >= 0.3 is 5.97 Å². The summed E-state index contributed by atoms with van der Waals surface area (Å²) in [7, 11) is 1.20. The third-order valence-corrected chi connectivity index (χ3v) is 3.96. The molecule has 0 aliphatic heterocycles. The van der Waals surface area contributed by atoms with Gasteiger partial charge in [-0.05, 0) is 50.5 Å². The number of furan rings is 1. The zero-order valence-electron chi connectivity index (χ0n) is 15.4. The SMILES string of the molecule is COC(=O)c1c(C)oc(NC(=O)COc2cc(C)cc(C)c2C)c1C#N. The van der Waals surface area contributed by atoms with Gasteiger partial charge < -0.3 is 13.9 Å². The lowest BCUT2D eigenvalue weighted by Gasteiger charge is -2.12. The molecule has 0 aliphatic rings. The quantitative estimate of drug-likeness (QED) is 0.826. The molecule has 0 aliphatic carbocycles. The molecule has 0 atom stereocenters. The maximum atomic E-state index is 12.2. The predicted molar refractivity (Wildman–Crippen MR) is 94.3 cm³/mol. The molecule has 7 nitrogen and oxygen atoms in total. The summed E-state index contributed by atoms with van der Waals surface area (Å²) in [5, 5.41) is 11.7. The second kappa shape index (κ2) is 7.74. The number of carbonyl (C=O) groups excluding carboxylic acids is 2. The maximum absolute atomic E-state index is 12.2. The minimum absolute atomic E-state index is 0.00336. The molecule has 2 rings (SSSR count). The van der Waals surface area contributed by atoms with Gasteiger partial charge in [0.15, 0.2) is 6.61 Å². The zero-order chi connectivity index (χ0) is 19.4. The molecule has 7 heteroatoms. The van der Waals surface area contributed by atoms with Gasteiger partial charge in [-0.25, -0.2) is 4.79 Å². The largest absolute Gasteiger partial charge is 0.483 e. The van der Waals surface area contributed by atoms with Crippen molar-refractivity contribution in [2.45, 2.75) is 27.7 Å². The van der Waals surface area contributed by atoms with Crippen LogP contribution in [0.15, 0.2) is 16.5 Å². The van der Waals surface area contributed by atoms with E-state index in [-0.39, 0.29) is 29.4 Å². The van der Waals surface area contributed by atoms with E-state index in [9.17, 15) is 14.9 Å². The van der Waals surface area contributed by atoms with E-state index in [1.165, 1.54) is 14.0 Å². The Bertz CT molecular complexity index is 906. The Morgan fingerprint density at radius 3 is 2.54 bits per heavy atom.